The van der Waals surface area contributed by atoms with Crippen LogP contribution in [0.5, 0.6) is 0 Å². The van der Waals surface area contributed by atoms with Gasteiger partial charge in [-0.1, -0.05) is 29.3 Å². The van der Waals surface area contributed by atoms with Crippen molar-refractivity contribution in [2.75, 3.05) is 11.9 Å². The average Bonchev–Trinajstić information content (AvgIpc) is 2.32. The lowest BCUT2D eigenvalue weighted by molar-refractivity contribution is 1.05. The van der Waals surface area contributed by atoms with E-state index in [1.165, 1.54) is 11.9 Å². The third-order valence-corrected chi connectivity index (χ3v) is 3.15. The molecule has 1 aromatic carbocycles. The first-order chi connectivity index (χ1) is 8.50. The second-order valence-electron chi connectivity index (χ2n) is 4.22. The van der Waals surface area contributed by atoms with E-state index >= 15 is 0 Å². The Morgan fingerprint density at radius 3 is 2.72 bits per heavy atom. The lowest BCUT2D eigenvalue weighted by Gasteiger charge is -2.21. The summed E-state index contributed by atoms with van der Waals surface area (Å²) in [7, 11) is 1.84. The van der Waals surface area contributed by atoms with Crippen molar-refractivity contribution in [3.05, 3.63) is 51.0 Å². The van der Waals surface area contributed by atoms with Gasteiger partial charge in [-0.25, -0.2) is 4.98 Å². The number of hydrogen-bond donors (Lipinski definition) is 1. The molecule has 0 saturated carbocycles. The van der Waals surface area contributed by atoms with Crippen LogP contribution in [0.4, 0.5) is 11.5 Å². The maximum absolute atomic E-state index is 11.5. The van der Waals surface area contributed by atoms with Crippen LogP contribution in [0.15, 0.2) is 29.3 Å². The van der Waals surface area contributed by atoms with Gasteiger partial charge >= 0.3 is 0 Å². The normalized spacial score (nSPS) is 10.4. The predicted molar refractivity (Wildman–Crippen MR) is 73.8 cm³/mol. The Labute approximate surface area is 110 Å². The number of halogens is 1. The van der Waals surface area contributed by atoms with Gasteiger partial charge in [0.1, 0.15) is 5.02 Å². The van der Waals surface area contributed by atoms with Crippen LogP contribution in [0.3, 0.4) is 0 Å². The highest BCUT2D eigenvalue weighted by molar-refractivity contribution is 6.32. The second-order valence-corrected chi connectivity index (χ2v) is 4.60. The molecule has 2 rings (SSSR count). The van der Waals surface area contributed by atoms with Gasteiger partial charge in [-0.15, -0.1) is 0 Å². The first kappa shape index (κ1) is 12.6. The fourth-order valence-corrected chi connectivity index (χ4v) is 2.13. The summed E-state index contributed by atoms with van der Waals surface area (Å²) in [4.78, 5) is 19.8. The Balaban J connectivity index is 2.51. The zero-order valence-electron chi connectivity index (χ0n) is 10.5. The van der Waals surface area contributed by atoms with E-state index in [1.54, 1.807) is 0 Å². The van der Waals surface area contributed by atoms with Crippen LogP contribution in [0.2, 0.25) is 5.02 Å². The molecule has 2 aromatic rings. The molecule has 0 fully saturated rings. The fourth-order valence-electron chi connectivity index (χ4n) is 1.90. The largest absolute Gasteiger partial charge is 0.328 e. The molecule has 1 heterocycles. The Morgan fingerprint density at radius 1 is 1.33 bits per heavy atom. The smallest absolute Gasteiger partial charge is 0.271 e. The van der Waals surface area contributed by atoms with E-state index in [-0.39, 0.29) is 10.6 Å². The van der Waals surface area contributed by atoms with Gasteiger partial charge in [0.2, 0.25) is 0 Å². The molecule has 18 heavy (non-hydrogen) atoms. The zero-order valence-corrected chi connectivity index (χ0v) is 11.2. The summed E-state index contributed by atoms with van der Waals surface area (Å²) >= 11 is 5.97. The van der Waals surface area contributed by atoms with Crippen molar-refractivity contribution < 1.29 is 0 Å². The van der Waals surface area contributed by atoms with E-state index in [2.05, 4.69) is 16.0 Å². The summed E-state index contributed by atoms with van der Waals surface area (Å²) < 4.78 is 0. The average molecular weight is 264 g/mol. The van der Waals surface area contributed by atoms with Gasteiger partial charge < -0.3 is 9.88 Å². The molecule has 0 radical (unpaired) electrons. The molecule has 5 heteroatoms. The first-order valence-corrected chi connectivity index (χ1v) is 5.92. The van der Waals surface area contributed by atoms with Crippen molar-refractivity contribution in [1.82, 2.24) is 9.97 Å². The maximum Gasteiger partial charge on any atom is 0.271 e. The van der Waals surface area contributed by atoms with Crippen molar-refractivity contribution in [3.8, 4) is 0 Å². The van der Waals surface area contributed by atoms with Gasteiger partial charge in [-0.05, 0) is 25.5 Å². The number of aromatic amines is 1. The van der Waals surface area contributed by atoms with E-state index in [9.17, 15) is 4.79 Å². The molecule has 0 aliphatic carbocycles. The number of aryl methyl sites for hydroxylation is 2. The van der Waals surface area contributed by atoms with Crippen molar-refractivity contribution in [2.45, 2.75) is 13.8 Å². The van der Waals surface area contributed by atoms with E-state index in [4.69, 9.17) is 11.6 Å². The molecule has 94 valence electrons. The molecular formula is C13H14ClN3O. The maximum atomic E-state index is 11.5. The van der Waals surface area contributed by atoms with E-state index in [0.717, 1.165) is 11.3 Å². The van der Waals surface area contributed by atoms with Crippen LogP contribution in [0.1, 0.15) is 11.1 Å². The Bertz CT molecular complexity index is 636. The minimum Gasteiger partial charge on any atom is -0.328 e. The van der Waals surface area contributed by atoms with Gasteiger partial charge in [0, 0.05) is 12.7 Å². The highest BCUT2D eigenvalue weighted by Crippen LogP contribution is 2.28. The number of aromatic nitrogens is 2. The third kappa shape index (κ3) is 2.24. The number of nitrogens with one attached hydrogen (secondary N) is 1. The Hall–Kier alpha value is -1.81. The third-order valence-electron chi connectivity index (χ3n) is 2.81. The molecular weight excluding hydrogens is 250 g/mol. The highest BCUT2D eigenvalue weighted by Gasteiger charge is 2.13. The monoisotopic (exact) mass is 263 g/mol. The molecule has 0 unspecified atom stereocenters. The van der Waals surface area contributed by atoms with E-state index < -0.39 is 0 Å². The zero-order chi connectivity index (χ0) is 13.3. The summed E-state index contributed by atoms with van der Waals surface area (Å²) in [5.74, 6) is 0.451. The first-order valence-electron chi connectivity index (χ1n) is 5.55. The molecule has 4 nitrogen and oxygen atoms in total. The number of nitrogens with zero attached hydrogens (tertiary/aromatic N) is 2. The molecule has 0 aliphatic rings. The summed E-state index contributed by atoms with van der Waals surface area (Å²) in [6, 6.07) is 6.08. The number of H-pyrrole nitrogens is 1. The Kier molecular flexibility index (Phi) is 3.39. The van der Waals surface area contributed by atoms with Gasteiger partial charge in [-0.2, -0.15) is 0 Å². The van der Waals surface area contributed by atoms with E-state index in [1.807, 2.05) is 37.9 Å². The minimum absolute atomic E-state index is 0.0972. The van der Waals surface area contributed by atoms with Crippen molar-refractivity contribution in [1.29, 1.82) is 0 Å². The van der Waals surface area contributed by atoms with Crippen molar-refractivity contribution in [2.24, 2.45) is 0 Å². The van der Waals surface area contributed by atoms with Crippen molar-refractivity contribution >= 4 is 23.1 Å². The molecule has 1 N–H and O–H groups in total. The highest BCUT2D eigenvalue weighted by atomic mass is 35.5. The molecule has 0 amide bonds. The van der Waals surface area contributed by atoms with Crippen LogP contribution in [-0.2, 0) is 0 Å². The quantitative estimate of drug-likeness (QED) is 0.906. The minimum atomic E-state index is -0.335. The summed E-state index contributed by atoms with van der Waals surface area (Å²) in [5.41, 5.74) is 2.93. The summed E-state index contributed by atoms with van der Waals surface area (Å²) in [5, 5.41) is 0.0972. The van der Waals surface area contributed by atoms with Crippen LogP contribution in [0, 0.1) is 13.8 Å². The fraction of sp³-hybridized carbons (Fsp3) is 0.231. The van der Waals surface area contributed by atoms with Gasteiger partial charge in [0.15, 0.2) is 5.82 Å². The van der Waals surface area contributed by atoms with Crippen molar-refractivity contribution in [3.63, 3.8) is 0 Å². The van der Waals surface area contributed by atoms with Gasteiger partial charge in [0.25, 0.3) is 5.56 Å². The number of hydrogen-bond acceptors (Lipinski definition) is 3. The van der Waals surface area contributed by atoms with E-state index in [0.29, 0.717) is 5.82 Å². The summed E-state index contributed by atoms with van der Waals surface area (Å²) in [6.07, 6.45) is 1.35. The summed E-state index contributed by atoms with van der Waals surface area (Å²) in [6.45, 7) is 4.05. The van der Waals surface area contributed by atoms with Crippen LogP contribution in [0.25, 0.3) is 0 Å². The SMILES string of the molecule is Cc1ccc(N(C)c2nc[nH]c(=O)c2Cl)c(C)c1. The molecule has 0 saturated heterocycles. The van der Waals surface area contributed by atoms with Crippen LogP contribution >= 0.6 is 11.6 Å². The molecule has 1 aromatic heterocycles. The molecule has 0 atom stereocenters. The van der Waals surface area contributed by atoms with Crippen LogP contribution < -0.4 is 10.5 Å². The standard InChI is InChI=1S/C13H14ClN3O/c1-8-4-5-10(9(2)6-8)17(3)12-11(14)13(18)16-7-15-12/h4-7H,1-3H3,(H,15,16,18). The van der Waals surface area contributed by atoms with Crippen LogP contribution in [-0.4, -0.2) is 17.0 Å². The number of rotatable bonds is 2. The Morgan fingerprint density at radius 2 is 2.06 bits per heavy atom. The predicted octanol–water partition coefficient (Wildman–Crippen LogP) is 2.81. The lowest BCUT2D eigenvalue weighted by Crippen LogP contribution is -2.18. The lowest BCUT2D eigenvalue weighted by atomic mass is 10.1. The molecule has 0 spiro atoms. The number of benzene rings is 1. The molecule has 0 bridgehead atoms. The topological polar surface area (TPSA) is 49.0 Å². The molecule has 0 aliphatic heterocycles. The van der Waals surface area contributed by atoms with Gasteiger partial charge in [0.05, 0.1) is 6.33 Å². The van der Waals surface area contributed by atoms with Gasteiger partial charge in [-0.3, -0.25) is 4.79 Å². The second kappa shape index (κ2) is 4.82. The number of anilines is 2.